The van der Waals surface area contributed by atoms with Gasteiger partial charge in [0.05, 0.1) is 19.8 Å². The van der Waals surface area contributed by atoms with E-state index in [2.05, 4.69) is 6.92 Å². The summed E-state index contributed by atoms with van der Waals surface area (Å²) in [6.07, 6.45) is 5.83. The van der Waals surface area contributed by atoms with E-state index in [-0.39, 0.29) is 6.29 Å². The summed E-state index contributed by atoms with van der Waals surface area (Å²) < 4.78 is 16.3. The zero-order valence-electron chi connectivity index (χ0n) is 9.17. The average Bonchev–Trinajstić information content (AvgIpc) is 2.46. The van der Waals surface area contributed by atoms with E-state index in [4.69, 9.17) is 14.2 Å². The van der Waals surface area contributed by atoms with Crippen molar-refractivity contribution in [1.82, 2.24) is 0 Å². The van der Waals surface area contributed by atoms with Gasteiger partial charge >= 0.3 is 0 Å². The fourth-order valence-corrected chi connectivity index (χ4v) is 1.48. The fourth-order valence-electron chi connectivity index (χ4n) is 1.48. The molecule has 0 bridgehead atoms. The second kappa shape index (κ2) is 8.21. The second-order valence-corrected chi connectivity index (χ2v) is 3.63. The lowest BCUT2D eigenvalue weighted by atomic mass is 10.2. The number of unbranched alkanes of at least 4 members (excludes halogenated alkanes) is 3. The molecule has 1 aliphatic heterocycles. The van der Waals surface area contributed by atoms with E-state index >= 15 is 0 Å². The molecule has 0 amide bonds. The maximum absolute atomic E-state index is 5.61. The van der Waals surface area contributed by atoms with Gasteiger partial charge in [-0.2, -0.15) is 0 Å². The third-order valence-corrected chi connectivity index (χ3v) is 2.33. The van der Waals surface area contributed by atoms with Crippen molar-refractivity contribution in [3.63, 3.8) is 0 Å². The zero-order chi connectivity index (χ0) is 10.1. The molecular weight excluding hydrogens is 180 g/mol. The minimum Gasteiger partial charge on any atom is -0.379 e. The second-order valence-electron chi connectivity index (χ2n) is 3.63. The summed E-state index contributed by atoms with van der Waals surface area (Å²) in [4.78, 5) is 0. The van der Waals surface area contributed by atoms with Crippen LogP contribution in [0.4, 0.5) is 0 Å². The zero-order valence-corrected chi connectivity index (χ0v) is 9.17. The molecule has 1 rings (SSSR count). The number of hydrogen-bond acceptors (Lipinski definition) is 3. The highest BCUT2D eigenvalue weighted by molar-refractivity contribution is 4.50. The van der Waals surface area contributed by atoms with Crippen molar-refractivity contribution in [3.05, 3.63) is 0 Å². The Morgan fingerprint density at radius 2 is 2.07 bits per heavy atom. The molecule has 84 valence electrons. The van der Waals surface area contributed by atoms with Crippen molar-refractivity contribution < 1.29 is 14.2 Å². The van der Waals surface area contributed by atoms with E-state index in [1.54, 1.807) is 0 Å². The number of rotatable bonds is 6. The smallest absolute Gasteiger partial charge is 0.159 e. The lowest BCUT2D eigenvalue weighted by Gasteiger charge is -2.14. The van der Waals surface area contributed by atoms with Crippen LogP contribution < -0.4 is 0 Å². The maximum atomic E-state index is 5.61. The van der Waals surface area contributed by atoms with Crippen LogP contribution in [0.3, 0.4) is 0 Å². The highest BCUT2D eigenvalue weighted by Crippen LogP contribution is 2.07. The van der Waals surface area contributed by atoms with Gasteiger partial charge in [-0.25, -0.2) is 0 Å². The summed E-state index contributed by atoms with van der Waals surface area (Å²) in [5, 5.41) is 0. The molecule has 1 fully saturated rings. The highest BCUT2D eigenvalue weighted by atomic mass is 16.7. The summed E-state index contributed by atoms with van der Waals surface area (Å²) >= 11 is 0. The predicted octanol–water partition coefficient (Wildman–Crippen LogP) is 2.35. The van der Waals surface area contributed by atoms with Crippen LogP contribution in [0.1, 0.15) is 39.0 Å². The molecule has 0 radical (unpaired) electrons. The summed E-state index contributed by atoms with van der Waals surface area (Å²) in [6.45, 7) is 5.17. The van der Waals surface area contributed by atoms with Crippen LogP contribution in [-0.4, -0.2) is 32.7 Å². The van der Waals surface area contributed by atoms with Crippen LogP contribution in [0.2, 0.25) is 0 Å². The summed E-state index contributed by atoms with van der Waals surface area (Å²) in [5.41, 5.74) is 0. The Morgan fingerprint density at radius 3 is 2.93 bits per heavy atom. The first-order valence-corrected chi connectivity index (χ1v) is 5.74. The van der Waals surface area contributed by atoms with Crippen LogP contribution >= 0.6 is 0 Å². The average molecular weight is 202 g/mol. The van der Waals surface area contributed by atoms with E-state index in [1.165, 1.54) is 19.3 Å². The first-order valence-electron chi connectivity index (χ1n) is 5.74. The summed E-state index contributed by atoms with van der Waals surface area (Å²) in [6, 6.07) is 0. The van der Waals surface area contributed by atoms with E-state index in [1.807, 2.05) is 0 Å². The van der Waals surface area contributed by atoms with Crippen molar-refractivity contribution in [3.8, 4) is 0 Å². The fraction of sp³-hybridized carbons (Fsp3) is 1.00. The molecule has 3 heteroatoms. The van der Waals surface area contributed by atoms with Gasteiger partial charge in [0.25, 0.3) is 0 Å². The minimum atomic E-state index is -0.0286. The third-order valence-electron chi connectivity index (χ3n) is 2.33. The van der Waals surface area contributed by atoms with Gasteiger partial charge < -0.3 is 14.2 Å². The van der Waals surface area contributed by atoms with Crippen LogP contribution in [-0.2, 0) is 14.2 Å². The van der Waals surface area contributed by atoms with Gasteiger partial charge in [-0.3, -0.25) is 0 Å². The van der Waals surface area contributed by atoms with Crippen LogP contribution in [0.15, 0.2) is 0 Å². The standard InChI is InChI=1S/C11H22O3/c1-2-3-4-5-7-13-11-6-8-12-9-10-14-11/h11H,2-10H2,1H3. The SMILES string of the molecule is CCCCCCOC1CCOCCO1. The van der Waals surface area contributed by atoms with Gasteiger partial charge in [0, 0.05) is 13.0 Å². The van der Waals surface area contributed by atoms with Crippen molar-refractivity contribution in [2.24, 2.45) is 0 Å². The maximum Gasteiger partial charge on any atom is 0.159 e. The highest BCUT2D eigenvalue weighted by Gasteiger charge is 2.12. The van der Waals surface area contributed by atoms with Gasteiger partial charge in [0.2, 0.25) is 0 Å². The number of ether oxygens (including phenoxy) is 3. The first kappa shape index (κ1) is 12.0. The van der Waals surface area contributed by atoms with Crippen molar-refractivity contribution in [2.75, 3.05) is 26.4 Å². The Hall–Kier alpha value is -0.120. The Labute approximate surface area is 86.7 Å². The molecular formula is C11H22O3. The summed E-state index contributed by atoms with van der Waals surface area (Å²) in [5.74, 6) is 0. The Kier molecular flexibility index (Phi) is 7.01. The lowest BCUT2D eigenvalue weighted by Crippen LogP contribution is -2.18. The Morgan fingerprint density at radius 1 is 1.14 bits per heavy atom. The number of hydrogen-bond donors (Lipinski definition) is 0. The minimum absolute atomic E-state index is 0.0286. The molecule has 0 aliphatic carbocycles. The quantitative estimate of drug-likeness (QED) is 0.619. The van der Waals surface area contributed by atoms with Crippen LogP contribution in [0.5, 0.6) is 0 Å². The molecule has 0 aromatic carbocycles. The molecule has 1 unspecified atom stereocenters. The van der Waals surface area contributed by atoms with Crippen LogP contribution in [0, 0.1) is 0 Å². The monoisotopic (exact) mass is 202 g/mol. The topological polar surface area (TPSA) is 27.7 Å². The molecule has 0 spiro atoms. The van der Waals surface area contributed by atoms with Crippen molar-refractivity contribution in [1.29, 1.82) is 0 Å². The van der Waals surface area contributed by atoms with Gasteiger partial charge in [-0.1, -0.05) is 26.2 Å². The molecule has 1 atom stereocenters. The van der Waals surface area contributed by atoms with E-state index in [0.717, 1.165) is 26.1 Å². The first-order chi connectivity index (χ1) is 6.93. The molecule has 14 heavy (non-hydrogen) atoms. The van der Waals surface area contributed by atoms with E-state index < -0.39 is 0 Å². The van der Waals surface area contributed by atoms with E-state index in [0.29, 0.717) is 13.2 Å². The molecule has 0 saturated carbocycles. The van der Waals surface area contributed by atoms with Gasteiger partial charge in [0.1, 0.15) is 0 Å². The van der Waals surface area contributed by atoms with Gasteiger partial charge in [0.15, 0.2) is 6.29 Å². The normalized spacial score (nSPS) is 23.4. The Bertz CT molecular complexity index is 120. The lowest BCUT2D eigenvalue weighted by molar-refractivity contribution is -0.138. The molecule has 0 aromatic heterocycles. The predicted molar refractivity (Wildman–Crippen MR) is 55.3 cm³/mol. The third kappa shape index (κ3) is 5.58. The van der Waals surface area contributed by atoms with Gasteiger partial charge in [-0.05, 0) is 6.42 Å². The molecule has 1 aliphatic rings. The molecule has 3 nitrogen and oxygen atoms in total. The molecule has 0 aromatic rings. The molecule has 1 saturated heterocycles. The largest absolute Gasteiger partial charge is 0.379 e. The van der Waals surface area contributed by atoms with Crippen LogP contribution in [0.25, 0.3) is 0 Å². The Balaban J connectivity index is 1.93. The van der Waals surface area contributed by atoms with Crippen molar-refractivity contribution >= 4 is 0 Å². The van der Waals surface area contributed by atoms with Crippen molar-refractivity contribution in [2.45, 2.75) is 45.3 Å². The van der Waals surface area contributed by atoms with Gasteiger partial charge in [-0.15, -0.1) is 0 Å². The molecule has 1 heterocycles. The van der Waals surface area contributed by atoms with E-state index in [9.17, 15) is 0 Å². The molecule has 0 N–H and O–H groups in total. The summed E-state index contributed by atoms with van der Waals surface area (Å²) in [7, 11) is 0.